The fraction of sp³-hybridized carbons (Fsp3) is 0.167. The van der Waals surface area contributed by atoms with Crippen molar-refractivity contribution in [2.45, 2.75) is 13.0 Å². The summed E-state index contributed by atoms with van der Waals surface area (Å²) in [6.07, 6.45) is 0.0304. The molecular weight excluding hydrogens is 363 g/mol. The quantitative estimate of drug-likeness (QED) is 0.453. The molecule has 3 rings (SSSR count). The number of oxime groups is 1. The number of rotatable bonds is 5. The van der Waals surface area contributed by atoms with Crippen LogP contribution in [-0.4, -0.2) is 23.5 Å². The molecule has 0 spiro atoms. The van der Waals surface area contributed by atoms with E-state index in [1.165, 1.54) is 0 Å². The number of anilines is 1. The molecule has 7 heteroatoms. The van der Waals surface area contributed by atoms with Gasteiger partial charge in [0.2, 0.25) is 0 Å². The average molecular weight is 377 g/mol. The fourth-order valence-corrected chi connectivity index (χ4v) is 2.78. The highest BCUT2D eigenvalue weighted by molar-refractivity contribution is 6.54. The Hall–Kier alpha value is -2.37. The summed E-state index contributed by atoms with van der Waals surface area (Å²) < 4.78 is 0. The van der Waals surface area contributed by atoms with Gasteiger partial charge < -0.3 is 9.74 Å². The first-order valence-corrected chi connectivity index (χ1v) is 8.51. The van der Waals surface area contributed by atoms with Gasteiger partial charge in [-0.25, -0.2) is 4.79 Å². The lowest BCUT2D eigenvalue weighted by molar-refractivity contribution is -0.143. The Morgan fingerprint density at radius 1 is 1.12 bits per heavy atom. The minimum atomic E-state index is -0.580. The van der Waals surface area contributed by atoms with Crippen LogP contribution < -0.4 is 4.90 Å². The highest BCUT2D eigenvalue weighted by Crippen LogP contribution is 2.30. The second-order valence-electron chi connectivity index (χ2n) is 5.38. The van der Waals surface area contributed by atoms with Gasteiger partial charge in [0.1, 0.15) is 0 Å². The van der Waals surface area contributed by atoms with Crippen LogP contribution in [0.4, 0.5) is 5.69 Å². The molecule has 0 bridgehead atoms. The summed E-state index contributed by atoms with van der Waals surface area (Å²) in [6, 6.07) is 14.5. The lowest BCUT2D eigenvalue weighted by Gasteiger charge is -2.16. The summed E-state index contributed by atoms with van der Waals surface area (Å²) >= 11 is 11.4. The van der Waals surface area contributed by atoms with E-state index in [9.17, 15) is 9.59 Å². The normalized spacial score (nSPS) is 14.7. The molecule has 0 fully saturated rings. The third-order valence-corrected chi connectivity index (χ3v) is 4.13. The van der Waals surface area contributed by atoms with E-state index in [4.69, 9.17) is 28.0 Å². The largest absolute Gasteiger partial charge is 0.336 e. The molecule has 0 saturated carbocycles. The Balaban J connectivity index is 1.88. The first-order valence-electron chi connectivity index (χ1n) is 7.59. The molecular formula is C18H14Cl2N2O3. The van der Waals surface area contributed by atoms with Gasteiger partial charge in [-0.05, 0) is 23.8 Å². The topological polar surface area (TPSA) is 59.0 Å². The molecule has 1 heterocycles. The molecule has 0 atom stereocenters. The van der Waals surface area contributed by atoms with E-state index in [0.717, 1.165) is 11.3 Å². The molecule has 5 nitrogen and oxygen atoms in total. The molecule has 1 amide bonds. The number of hydrogen-bond acceptors (Lipinski definition) is 4. The van der Waals surface area contributed by atoms with Crippen LogP contribution in [0.15, 0.2) is 53.7 Å². The monoisotopic (exact) mass is 376 g/mol. The number of hydrogen-bond donors (Lipinski definition) is 0. The Morgan fingerprint density at radius 3 is 2.56 bits per heavy atom. The number of alkyl halides is 1. The van der Waals surface area contributed by atoms with E-state index < -0.39 is 5.97 Å². The van der Waals surface area contributed by atoms with Gasteiger partial charge >= 0.3 is 5.97 Å². The molecule has 0 unspecified atom stereocenters. The van der Waals surface area contributed by atoms with Crippen molar-refractivity contribution in [3.05, 3.63) is 64.7 Å². The minimum absolute atomic E-state index is 0.0304. The molecule has 25 heavy (non-hydrogen) atoms. The number of carbonyl (C=O) groups excluding carboxylic acids is 2. The summed E-state index contributed by atoms with van der Waals surface area (Å²) in [5.41, 5.74) is 2.37. The number of fused-ring (bicyclic) bond motifs is 1. The van der Waals surface area contributed by atoms with Gasteiger partial charge in [-0.2, -0.15) is 0 Å². The Kier molecular flexibility index (Phi) is 5.36. The van der Waals surface area contributed by atoms with E-state index >= 15 is 0 Å². The van der Waals surface area contributed by atoms with Crippen LogP contribution in [0.2, 0.25) is 5.02 Å². The van der Waals surface area contributed by atoms with Crippen molar-refractivity contribution in [1.82, 2.24) is 0 Å². The maximum atomic E-state index is 12.8. The van der Waals surface area contributed by atoms with Crippen molar-refractivity contribution in [3.63, 3.8) is 0 Å². The van der Waals surface area contributed by atoms with Gasteiger partial charge in [-0.15, -0.1) is 11.6 Å². The van der Waals surface area contributed by atoms with Crippen LogP contribution in [-0.2, 0) is 21.0 Å². The predicted molar refractivity (Wildman–Crippen MR) is 97.1 cm³/mol. The van der Waals surface area contributed by atoms with E-state index in [1.807, 2.05) is 24.3 Å². The minimum Gasteiger partial charge on any atom is -0.317 e. The van der Waals surface area contributed by atoms with Crippen molar-refractivity contribution < 1.29 is 14.4 Å². The van der Waals surface area contributed by atoms with Crippen molar-refractivity contribution in [2.75, 3.05) is 10.8 Å². The van der Waals surface area contributed by atoms with Crippen LogP contribution in [0.3, 0.4) is 0 Å². The van der Waals surface area contributed by atoms with Gasteiger partial charge in [-0.3, -0.25) is 4.79 Å². The fourth-order valence-electron chi connectivity index (χ4n) is 2.50. The number of amides is 1. The number of nitrogens with zero attached hydrogens (tertiary/aromatic N) is 2. The number of benzene rings is 2. The van der Waals surface area contributed by atoms with Crippen molar-refractivity contribution in [1.29, 1.82) is 0 Å². The molecule has 1 aliphatic rings. The Labute approximate surface area is 154 Å². The third kappa shape index (κ3) is 3.83. The molecule has 1 aliphatic heterocycles. The van der Waals surface area contributed by atoms with Crippen LogP contribution in [0.5, 0.6) is 0 Å². The third-order valence-electron chi connectivity index (χ3n) is 3.69. The summed E-state index contributed by atoms with van der Waals surface area (Å²) in [7, 11) is 0. The van der Waals surface area contributed by atoms with E-state index in [-0.39, 0.29) is 23.9 Å². The lowest BCUT2D eigenvalue weighted by atomic mass is 10.1. The first kappa shape index (κ1) is 17.5. The van der Waals surface area contributed by atoms with Crippen molar-refractivity contribution >= 4 is 46.5 Å². The maximum Gasteiger partial charge on any atom is 0.336 e. The van der Waals surface area contributed by atoms with Gasteiger partial charge in [-0.1, -0.05) is 47.1 Å². The molecule has 2 aromatic carbocycles. The summed E-state index contributed by atoms with van der Waals surface area (Å²) in [5, 5.41) is 4.40. The number of para-hydroxylation sites is 1. The zero-order chi connectivity index (χ0) is 17.8. The van der Waals surface area contributed by atoms with Crippen molar-refractivity contribution in [2.24, 2.45) is 5.16 Å². The second kappa shape index (κ2) is 7.68. The lowest BCUT2D eigenvalue weighted by Crippen LogP contribution is -2.29. The Morgan fingerprint density at radius 2 is 1.84 bits per heavy atom. The molecule has 0 N–H and O–H groups in total. The highest BCUT2D eigenvalue weighted by atomic mass is 35.5. The molecule has 0 radical (unpaired) electrons. The molecule has 0 aliphatic carbocycles. The predicted octanol–water partition coefficient (Wildman–Crippen LogP) is 3.76. The zero-order valence-corrected chi connectivity index (χ0v) is 14.6. The summed E-state index contributed by atoms with van der Waals surface area (Å²) in [5.74, 6) is -0.768. The van der Waals surface area contributed by atoms with Gasteiger partial charge in [0, 0.05) is 16.5 Å². The van der Waals surface area contributed by atoms with Crippen molar-refractivity contribution in [3.8, 4) is 0 Å². The van der Waals surface area contributed by atoms with Crippen LogP contribution >= 0.6 is 23.2 Å². The SMILES string of the molecule is O=C(CCCl)ON=C1C(=O)N(Cc2ccc(Cl)cc2)c2ccccc21. The van der Waals surface area contributed by atoms with Gasteiger partial charge in [0.05, 0.1) is 18.7 Å². The molecule has 0 aromatic heterocycles. The van der Waals surface area contributed by atoms with Gasteiger partial charge in [0.15, 0.2) is 5.71 Å². The average Bonchev–Trinajstić information content (AvgIpc) is 2.87. The highest BCUT2D eigenvalue weighted by Gasteiger charge is 2.34. The second-order valence-corrected chi connectivity index (χ2v) is 6.19. The standard InChI is InChI=1S/C18H14Cl2N2O3/c19-10-9-16(23)25-21-17-14-3-1-2-4-15(14)22(18(17)24)11-12-5-7-13(20)8-6-12/h1-8H,9-11H2. The van der Waals surface area contributed by atoms with E-state index in [1.54, 1.807) is 29.2 Å². The molecule has 2 aromatic rings. The smallest absolute Gasteiger partial charge is 0.317 e. The van der Waals surface area contributed by atoms with Crippen LogP contribution in [0, 0.1) is 0 Å². The Bertz CT molecular complexity index is 834. The van der Waals surface area contributed by atoms with Crippen LogP contribution in [0.25, 0.3) is 0 Å². The van der Waals surface area contributed by atoms with Crippen LogP contribution in [0.1, 0.15) is 17.5 Å². The molecule has 128 valence electrons. The first-order chi connectivity index (χ1) is 12.1. The number of halogens is 2. The van der Waals surface area contributed by atoms with Gasteiger partial charge in [0.25, 0.3) is 5.91 Å². The summed E-state index contributed by atoms with van der Waals surface area (Å²) in [6.45, 7) is 0.363. The zero-order valence-electron chi connectivity index (χ0n) is 13.1. The van der Waals surface area contributed by atoms with E-state index in [0.29, 0.717) is 17.1 Å². The number of carbonyl (C=O) groups is 2. The summed E-state index contributed by atoms with van der Waals surface area (Å²) in [4.78, 5) is 30.6. The molecule has 0 saturated heterocycles. The van der Waals surface area contributed by atoms with E-state index in [2.05, 4.69) is 5.16 Å². The maximum absolute atomic E-state index is 12.8.